The maximum absolute atomic E-state index is 11.8. The maximum atomic E-state index is 11.8. The van der Waals surface area contributed by atoms with Crippen LogP contribution in [0.4, 0.5) is 0 Å². The van der Waals surface area contributed by atoms with Gasteiger partial charge in [-0.2, -0.15) is 0 Å². The van der Waals surface area contributed by atoms with Crippen molar-refractivity contribution in [3.8, 4) is 0 Å². The van der Waals surface area contributed by atoms with Crippen molar-refractivity contribution in [3.05, 3.63) is 10.9 Å². The molecule has 0 saturated heterocycles. The molecule has 0 radical (unpaired) electrons. The van der Waals surface area contributed by atoms with E-state index in [-0.39, 0.29) is 0 Å². The summed E-state index contributed by atoms with van der Waals surface area (Å²) in [5, 5.41) is 0.435. The molecule has 0 N–H and O–H groups in total. The third-order valence-corrected chi connectivity index (χ3v) is 4.76. The minimum atomic E-state index is -2.38. The second-order valence-electron chi connectivity index (χ2n) is 3.20. The van der Waals surface area contributed by atoms with Crippen LogP contribution in [-0.2, 0) is 14.1 Å². The molecule has 12 heavy (non-hydrogen) atoms. The minimum absolute atomic E-state index is 0.421. The monoisotopic (exact) mass is 188 g/mol. The predicted molar refractivity (Wildman–Crippen MR) is 47.7 cm³/mol. The van der Waals surface area contributed by atoms with E-state index in [0.29, 0.717) is 11.5 Å². The number of hydrogen-bond donors (Lipinski definition) is 0. The van der Waals surface area contributed by atoms with Crippen molar-refractivity contribution in [2.75, 3.05) is 19.9 Å². The van der Waals surface area contributed by atoms with Gasteiger partial charge in [-0.3, -0.25) is 0 Å². The number of esters is 1. The van der Waals surface area contributed by atoms with Crippen LogP contribution in [-0.4, -0.2) is 25.9 Å². The molecule has 1 heterocycles. The largest absolute Gasteiger partial charge is 0.465 e. The lowest BCUT2D eigenvalue weighted by molar-refractivity contribution is -0.135. The number of carbonyl (C=O) groups is 1. The van der Waals surface area contributed by atoms with E-state index < -0.39 is 13.1 Å². The van der Waals surface area contributed by atoms with Crippen LogP contribution in [0.25, 0.3) is 0 Å². The molecule has 68 valence electrons. The standard InChI is InChI=1S/C8H13O3P/c1-6-4-5-12(3,10)7(6)8(9)11-2/h4-5H2,1-3H3. The van der Waals surface area contributed by atoms with Gasteiger partial charge in [-0.25, -0.2) is 4.79 Å². The Morgan fingerprint density at radius 2 is 2.17 bits per heavy atom. The van der Waals surface area contributed by atoms with Gasteiger partial charge in [0, 0.05) is 6.16 Å². The maximum Gasteiger partial charge on any atom is 0.341 e. The van der Waals surface area contributed by atoms with E-state index in [1.807, 2.05) is 6.92 Å². The summed E-state index contributed by atoms with van der Waals surface area (Å²) in [4.78, 5) is 11.2. The molecule has 0 fully saturated rings. The van der Waals surface area contributed by atoms with Gasteiger partial charge in [-0.1, -0.05) is 5.57 Å². The average Bonchev–Trinajstić information content (AvgIpc) is 2.25. The third-order valence-electron chi connectivity index (χ3n) is 2.17. The van der Waals surface area contributed by atoms with Gasteiger partial charge >= 0.3 is 5.97 Å². The van der Waals surface area contributed by atoms with Crippen LogP contribution in [0.1, 0.15) is 13.3 Å². The van der Waals surface area contributed by atoms with E-state index in [9.17, 15) is 9.36 Å². The Kier molecular flexibility index (Phi) is 2.43. The van der Waals surface area contributed by atoms with Crippen LogP contribution >= 0.6 is 7.14 Å². The van der Waals surface area contributed by atoms with E-state index in [1.165, 1.54) is 7.11 Å². The van der Waals surface area contributed by atoms with Gasteiger partial charge in [0.2, 0.25) is 0 Å². The topological polar surface area (TPSA) is 43.4 Å². The summed E-state index contributed by atoms with van der Waals surface area (Å²) in [6.07, 6.45) is 1.38. The quantitative estimate of drug-likeness (QED) is 0.465. The fourth-order valence-electron chi connectivity index (χ4n) is 1.48. The van der Waals surface area contributed by atoms with E-state index >= 15 is 0 Å². The highest BCUT2D eigenvalue weighted by molar-refractivity contribution is 7.69. The first kappa shape index (κ1) is 9.53. The molecule has 1 unspecified atom stereocenters. The summed E-state index contributed by atoms with van der Waals surface area (Å²) < 4.78 is 16.4. The molecule has 0 aromatic carbocycles. The molecule has 1 aliphatic rings. The summed E-state index contributed by atoms with van der Waals surface area (Å²) >= 11 is 0. The molecule has 0 aromatic heterocycles. The Labute approximate surface area is 72.2 Å². The van der Waals surface area contributed by atoms with Gasteiger partial charge in [-0.15, -0.1) is 0 Å². The number of hydrogen-bond acceptors (Lipinski definition) is 3. The molecule has 0 aliphatic carbocycles. The summed E-state index contributed by atoms with van der Waals surface area (Å²) in [6, 6.07) is 0. The Balaban J connectivity index is 3.07. The van der Waals surface area contributed by atoms with Gasteiger partial charge in [0.15, 0.2) is 0 Å². The Morgan fingerprint density at radius 1 is 1.58 bits per heavy atom. The summed E-state index contributed by atoms with van der Waals surface area (Å²) in [5.41, 5.74) is 0.924. The molecule has 0 aromatic rings. The highest BCUT2D eigenvalue weighted by Crippen LogP contribution is 2.57. The Hall–Kier alpha value is -0.560. The SMILES string of the molecule is COC(=O)C1=C(C)CCP1(C)=O. The molecule has 0 spiro atoms. The Morgan fingerprint density at radius 3 is 2.50 bits per heavy atom. The predicted octanol–water partition coefficient (Wildman–Crippen LogP) is 1.83. The van der Waals surface area contributed by atoms with Crippen LogP contribution in [0.5, 0.6) is 0 Å². The lowest BCUT2D eigenvalue weighted by atomic mass is 10.2. The van der Waals surface area contributed by atoms with Crippen molar-refractivity contribution in [2.45, 2.75) is 13.3 Å². The summed E-state index contributed by atoms with van der Waals surface area (Å²) in [6.45, 7) is 3.49. The first-order valence-corrected chi connectivity index (χ1v) is 6.18. The van der Waals surface area contributed by atoms with E-state index in [1.54, 1.807) is 6.66 Å². The molecule has 1 aliphatic heterocycles. The lowest BCUT2D eigenvalue weighted by Gasteiger charge is -2.07. The van der Waals surface area contributed by atoms with Gasteiger partial charge in [0.25, 0.3) is 0 Å². The van der Waals surface area contributed by atoms with Crippen LogP contribution in [0.2, 0.25) is 0 Å². The number of ether oxygens (including phenoxy) is 1. The zero-order valence-electron chi connectivity index (χ0n) is 7.59. The van der Waals surface area contributed by atoms with Crippen molar-refractivity contribution < 1.29 is 14.1 Å². The zero-order chi connectivity index (χ0) is 9.35. The van der Waals surface area contributed by atoms with E-state index in [4.69, 9.17) is 0 Å². The molecule has 1 atom stereocenters. The second-order valence-corrected chi connectivity index (χ2v) is 6.29. The van der Waals surface area contributed by atoms with Crippen LogP contribution < -0.4 is 0 Å². The van der Waals surface area contributed by atoms with Crippen molar-refractivity contribution >= 4 is 13.1 Å². The second kappa shape index (κ2) is 3.06. The highest BCUT2D eigenvalue weighted by Gasteiger charge is 2.34. The smallest absolute Gasteiger partial charge is 0.341 e. The van der Waals surface area contributed by atoms with Crippen molar-refractivity contribution in [1.82, 2.24) is 0 Å². The summed E-state index contributed by atoms with van der Waals surface area (Å²) in [5.74, 6) is -0.421. The first-order valence-electron chi connectivity index (χ1n) is 3.84. The molecule has 0 bridgehead atoms. The van der Waals surface area contributed by atoms with Crippen LogP contribution in [0.15, 0.2) is 10.9 Å². The van der Waals surface area contributed by atoms with Gasteiger partial charge < -0.3 is 9.30 Å². The van der Waals surface area contributed by atoms with E-state index in [0.717, 1.165) is 12.0 Å². The van der Waals surface area contributed by atoms with Crippen molar-refractivity contribution in [1.29, 1.82) is 0 Å². The minimum Gasteiger partial charge on any atom is -0.465 e. The van der Waals surface area contributed by atoms with Crippen molar-refractivity contribution in [2.24, 2.45) is 0 Å². The first-order chi connectivity index (χ1) is 5.49. The molecular weight excluding hydrogens is 175 g/mol. The van der Waals surface area contributed by atoms with Crippen molar-refractivity contribution in [3.63, 3.8) is 0 Å². The van der Waals surface area contributed by atoms with Gasteiger partial charge in [-0.05, 0) is 20.0 Å². The molecule has 4 heteroatoms. The summed E-state index contributed by atoms with van der Waals surface area (Å²) in [7, 11) is -1.06. The fraction of sp³-hybridized carbons (Fsp3) is 0.625. The number of allylic oxidation sites excluding steroid dienone is 1. The molecule has 3 nitrogen and oxygen atoms in total. The number of methoxy groups -OCH3 is 1. The molecule has 1 rings (SSSR count). The Bertz CT molecular complexity index is 291. The number of rotatable bonds is 1. The van der Waals surface area contributed by atoms with Gasteiger partial charge in [0.05, 0.1) is 12.4 Å². The third kappa shape index (κ3) is 1.46. The lowest BCUT2D eigenvalue weighted by Crippen LogP contribution is -2.04. The van der Waals surface area contributed by atoms with Gasteiger partial charge in [0.1, 0.15) is 7.14 Å². The molecule has 0 saturated carbocycles. The van der Waals surface area contributed by atoms with E-state index in [2.05, 4.69) is 4.74 Å². The normalized spacial score (nSPS) is 29.2. The number of carbonyl (C=O) groups excluding carboxylic acids is 1. The van der Waals surface area contributed by atoms with Crippen LogP contribution in [0.3, 0.4) is 0 Å². The zero-order valence-corrected chi connectivity index (χ0v) is 8.48. The fourth-order valence-corrected chi connectivity index (χ4v) is 3.86. The molecule has 0 amide bonds. The highest BCUT2D eigenvalue weighted by atomic mass is 31.2. The molecular formula is C8H13O3P. The average molecular weight is 188 g/mol. The van der Waals surface area contributed by atoms with Crippen LogP contribution in [0, 0.1) is 0 Å².